The molecule has 0 saturated carbocycles. The van der Waals surface area contributed by atoms with Gasteiger partial charge in [0.2, 0.25) is 5.69 Å². The number of hydrogen-bond donors (Lipinski definition) is 0. The highest BCUT2D eigenvalue weighted by molar-refractivity contribution is 5.63. The van der Waals surface area contributed by atoms with Crippen LogP contribution in [0.1, 0.15) is 56.9 Å². The van der Waals surface area contributed by atoms with Crippen LogP contribution in [-0.2, 0) is 17.9 Å². The number of hydrogen-bond acceptors (Lipinski definition) is 0. The van der Waals surface area contributed by atoms with Gasteiger partial charge < -0.3 is 0 Å². The third-order valence-electron chi connectivity index (χ3n) is 5.23. The highest BCUT2D eigenvalue weighted by atomic mass is 19.4. The normalized spacial score (nSPS) is 13.2. The molecule has 4 heteroatoms. The number of alkyl halides is 3. The maximum Gasteiger partial charge on any atom is 0.398 e. The van der Waals surface area contributed by atoms with E-state index in [-0.39, 0.29) is 5.41 Å². The van der Waals surface area contributed by atoms with Crippen molar-refractivity contribution < 1.29 is 17.7 Å². The van der Waals surface area contributed by atoms with Gasteiger partial charge in [0.15, 0.2) is 6.20 Å². The van der Waals surface area contributed by atoms with Crippen LogP contribution in [0, 0.1) is 13.8 Å². The van der Waals surface area contributed by atoms with Gasteiger partial charge in [-0.2, -0.15) is 13.2 Å². The molecule has 0 unspecified atom stereocenters. The molecule has 0 radical (unpaired) electrons. The quantitative estimate of drug-likeness (QED) is 0.581. The first-order valence-electron chi connectivity index (χ1n) is 8.85. The lowest BCUT2D eigenvalue weighted by Crippen LogP contribution is -2.41. The lowest BCUT2D eigenvalue weighted by Gasteiger charge is -2.28. The maximum atomic E-state index is 13.5. The van der Waals surface area contributed by atoms with Gasteiger partial charge in [-0.1, -0.05) is 32.9 Å². The number of pyridine rings is 1. The molecule has 1 nitrogen and oxygen atoms in total. The van der Waals surface area contributed by atoms with E-state index in [2.05, 4.69) is 39.0 Å². The van der Waals surface area contributed by atoms with Crippen molar-refractivity contribution in [2.24, 2.45) is 7.05 Å². The minimum absolute atomic E-state index is 0.0575. The van der Waals surface area contributed by atoms with E-state index in [1.165, 1.54) is 19.4 Å². The molecule has 26 heavy (non-hydrogen) atoms. The summed E-state index contributed by atoms with van der Waals surface area (Å²) in [7, 11) is 1.81. The van der Waals surface area contributed by atoms with E-state index in [9.17, 15) is 13.2 Å². The molecule has 0 N–H and O–H groups in total. The van der Waals surface area contributed by atoms with Crippen LogP contribution in [0.2, 0.25) is 0 Å². The number of halogens is 3. The second-order valence-corrected chi connectivity index (χ2v) is 8.77. The summed E-state index contributed by atoms with van der Waals surface area (Å²) in [5.41, 5.74) is 3.45. The zero-order chi connectivity index (χ0) is 20.1. The standard InChI is InChI=1S/C22H29F3N/c1-14-11-16(20(3,4)5)9-10-17(14)19-12-15(2)18(13-26(19)8)21(6,7)22(23,24)25/h9-13H,1-8H3/q+1. The molecular weight excluding hydrogens is 335 g/mol. The summed E-state index contributed by atoms with van der Waals surface area (Å²) in [5, 5.41) is 0. The van der Waals surface area contributed by atoms with Crippen molar-refractivity contribution in [3.05, 3.63) is 52.7 Å². The number of aromatic nitrogens is 1. The third-order valence-corrected chi connectivity index (χ3v) is 5.23. The molecule has 2 aromatic rings. The first-order valence-corrected chi connectivity index (χ1v) is 8.85. The van der Waals surface area contributed by atoms with Gasteiger partial charge in [-0.15, -0.1) is 0 Å². The summed E-state index contributed by atoms with van der Waals surface area (Å²) in [6, 6.07) is 8.20. The molecule has 0 spiro atoms. The maximum absolute atomic E-state index is 13.5. The molecule has 142 valence electrons. The summed E-state index contributed by atoms with van der Waals surface area (Å²) in [4.78, 5) is 0. The Hall–Kier alpha value is -1.84. The largest absolute Gasteiger partial charge is 0.398 e. The van der Waals surface area contributed by atoms with Gasteiger partial charge in [0.05, 0.1) is 5.41 Å². The Kier molecular flexibility index (Phi) is 5.04. The Balaban J connectivity index is 2.59. The van der Waals surface area contributed by atoms with Crippen LogP contribution >= 0.6 is 0 Å². The van der Waals surface area contributed by atoms with Crippen LogP contribution in [0.3, 0.4) is 0 Å². The predicted molar refractivity (Wildman–Crippen MR) is 100 cm³/mol. The second-order valence-electron chi connectivity index (χ2n) is 8.77. The Morgan fingerprint density at radius 1 is 0.846 bits per heavy atom. The molecule has 0 fully saturated rings. The van der Waals surface area contributed by atoms with Crippen LogP contribution in [0.5, 0.6) is 0 Å². The minimum atomic E-state index is -4.30. The zero-order valence-electron chi connectivity index (χ0n) is 17.0. The second kappa shape index (κ2) is 6.40. The van der Waals surface area contributed by atoms with Gasteiger partial charge in [0, 0.05) is 17.2 Å². The highest BCUT2D eigenvalue weighted by Crippen LogP contribution is 2.41. The SMILES string of the molecule is Cc1cc(C(C)(C)C)ccc1-c1cc(C)c(C(C)(C)C(F)(F)F)c[n+]1C. The van der Waals surface area contributed by atoms with Crippen molar-refractivity contribution in [1.82, 2.24) is 0 Å². The van der Waals surface area contributed by atoms with Crippen molar-refractivity contribution in [2.45, 2.75) is 65.5 Å². The van der Waals surface area contributed by atoms with Crippen molar-refractivity contribution in [1.29, 1.82) is 0 Å². The fraction of sp³-hybridized carbons (Fsp3) is 0.500. The highest BCUT2D eigenvalue weighted by Gasteiger charge is 2.50. The van der Waals surface area contributed by atoms with Crippen LogP contribution in [0.4, 0.5) is 13.2 Å². The van der Waals surface area contributed by atoms with E-state index in [4.69, 9.17) is 0 Å². The summed E-state index contributed by atoms with van der Waals surface area (Å²) in [6.45, 7) is 12.8. The van der Waals surface area contributed by atoms with E-state index < -0.39 is 11.6 Å². The summed E-state index contributed by atoms with van der Waals surface area (Å²) >= 11 is 0. The number of nitrogens with zero attached hydrogens (tertiary/aromatic N) is 1. The number of benzene rings is 1. The summed E-state index contributed by atoms with van der Waals surface area (Å²) < 4.78 is 42.2. The fourth-order valence-corrected chi connectivity index (χ4v) is 3.24. The minimum Gasteiger partial charge on any atom is -0.201 e. The smallest absolute Gasteiger partial charge is 0.201 e. The topological polar surface area (TPSA) is 3.88 Å². The van der Waals surface area contributed by atoms with Crippen molar-refractivity contribution in [3.8, 4) is 11.3 Å². The number of rotatable bonds is 2. The molecule has 0 aliphatic rings. The zero-order valence-corrected chi connectivity index (χ0v) is 17.0. The van der Waals surface area contributed by atoms with E-state index in [0.29, 0.717) is 11.1 Å². The number of aryl methyl sites for hydroxylation is 3. The molecule has 1 aromatic heterocycles. The lowest BCUT2D eigenvalue weighted by atomic mass is 9.81. The average Bonchev–Trinajstić information content (AvgIpc) is 2.47. The van der Waals surface area contributed by atoms with Gasteiger partial charge in [0.25, 0.3) is 0 Å². The van der Waals surface area contributed by atoms with Crippen LogP contribution in [0.15, 0.2) is 30.5 Å². The average molecular weight is 364 g/mol. The van der Waals surface area contributed by atoms with Crippen LogP contribution in [0.25, 0.3) is 11.3 Å². The molecule has 0 aliphatic heterocycles. The first-order chi connectivity index (χ1) is 11.7. The molecule has 0 aliphatic carbocycles. The van der Waals surface area contributed by atoms with E-state index in [1.54, 1.807) is 17.7 Å². The Morgan fingerprint density at radius 2 is 1.42 bits per heavy atom. The Morgan fingerprint density at radius 3 is 1.88 bits per heavy atom. The monoisotopic (exact) mass is 364 g/mol. The van der Waals surface area contributed by atoms with Crippen molar-refractivity contribution >= 4 is 0 Å². The van der Waals surface area contributed by atoms with Gasteiger partial charge in [-0.05, 0) is 55.9 Å². The van der Waals surface area contributed by atoms with Gasteiger partial charge >= 0.3 is 6.18 Å². The van der Waals surface area contributed by atoms with Crippen LogP contribution in [-0.4, -0.2) is 6.18 Å². The lowest BCUT2D eigenvalue weighted by molar-refractivity contribution is -0.661. The Labute approximate surface area is 154 Å². The molecule has 0 saturated heterocycles. The molecule has 0 amide bonds. The molecule has 0 atom stereocenters. The summed E-state index contributed by atoms with van der Waals surface area (Å²) in [6.07, 6.45) is -2.67. The summed E-state index contributed by atoms with van der Waals surface area (Å²) in [5.74, 6) is 0. The van der Waals surface area contributed by atoms with E-state index in [0.717, 1.165) is 16.8 Å². The van der Waals surface area contributed by atoms with E-state index in [1.807, 2.05) is 20.0 Å². The molecular formula is C22H29F3N+. The van der Waals surface area contributed by atoms with Crippen molar-refractivity contribution in [2.75, 3.05) is 0 Å². The molecule has 0 bridgehead atoms. The van der Waals surface area contributed by atoms with Gasteiger partial charge in [-0.3, -0.25) is 0 Å². The van der Waals surface area contributed by atoms with Crippen LogP contribution < -0.4 is 4.57 Å². The predicted octanol–water partition coefficient (Wildman–Crippen LogP) is 5.93. The van der Waals surface area contributed by atoms with Gasteiger partial charge in [0.1, 0.15) is 7.05 Å². The molecule has 2 rings (SSSR count). The fourth-order valence-electron chi connectivity index (χ4n) is 3.24. The molecule has 1 heterocycles. The van der Waals surface area contributed by atoms with Crippen molar-refractivity contribution in [3.63, 3.8) is 0 Å². The Bertz CT molecular complexity index is 825. The van der Waals surface area contributed by atoms with Gasteiger partial charge in [-0.25, -0.2) is 4.57 Å². The third kappa shape index (κ3) is 3.65. The first kappa shape index (κ1) is 20.5. The van der Waals surface area contributed by atoms with E-state index >= 15 is 0 Å². The molecule has 1 aromatic carbocycles.